The van der Waals surface area contributed by atoms with Gasteiger partial charge in [0.15, 0.2) is 11.5 Å². The fourth-order valence-electron chi connectivity index (χ4n) is 2.34. The molecule has 1 aromatic carbocycles. The molecule has 0 saturated carbocycles. The van der Waals surface area contributed by atoms with Crippen molar-refractivity contribution in [1.29, 1.82) is 0 Å². The first-order chi connectivity index (χ1) is 10.8. The Morgan fingerprint density at radius 2 is 1.52 bits per heavy atom. The van der Waals surface area contributed by atoms with E-state index in [2.05, 4.69) is 0 Å². The SMILES string of the molecule is COc1cc(CC(CC(C)C(=O)O)C(=O)O)cc(OC)c1OC. The summed E-state index contributed by atoms with van der Waals surface area (Å²) in [5.74, 6) is -2.32. The number of rotatable bonds is 9. The smallest absolute Gasteiger partial charge is 0.306 e. The van der Waals surface area contributed by atoms with Gasteiger partial charge in [0.1, 0.15) is 0 Å². The van der Waals surface area contributed by atoms with Crippen LogP contribution in [0.25, 0.3) is 0 Å². The van der Waals surface area contributed by atoms with Gasteiger partial charge in [0, 0.05) is 0 Å². The summed E-state index contributed by atoms with van der Waals surface area (Å²) >= 11 is 0. The fraction of sp³-hybridized carbons (Fsp3) is 0.500. The Hall–Kier alpha value is -2.44. The molecule has 2 unspecified atom stereocenters. The Morgan fingerprint density at radius 3 is 1.87 bits per heavy atom. The van der Waals surface area contributed by atoms with E-state index in [1.807, 2.05) is 0 Å². The molecular weight excluding hydrogens is 304 g/mol. The summed E-state index contributed by atoms with van der Waals surface area (Å²) in [6.45, 7) is 1.49. The van der Waals surface area contributed by atoms with Crippen LogP contribution in [0.1, 0.15) is 18.9 Å². The number of ether oxygens (including phenoxy) is 3. The highest BCUT2D eigenvalue weighted by atomic mass is 16.5. The summed E-state index contributed by atoms with van der Waals surface area (Å²) in [6, 6.07) is 3.34. The molecular formula is C16H22O7. The van der Waals surface area contributed by atoms with Crippen LogP contribution in [-0.2, 0) is 16.0 Å². The topological polar surface area (TPSA) is 102 Å². The lowest BCUT2D eigenvalue weighted by atomic mass is 9.90. The van der Waals surface area contributed by atoms with E-state index in [1.54, 1.807) is 12.1 Å². The summed E-state index contributed by atoms with van der Waals surface area (Å²) in [4.78, 5) is 22.4. The van der Waals surface area contributed by atoms with Gasteiger partial charge in [-0.05, 0) is 30.5 Å². The Balaban J connectivity index is 3.09. The maximum absolute atomic E-state index is 11.4. The molecule has 2 N–H and O–H groups in total. The second-order valence-electron chi connectivity index (χ2n) is 5.25. The Labute approximate surface area is 134 Å². The van der Waals surface area contributed by atoms with Gasteiger partial charge in [-0.25, -0.2) is 0 Å². The molecule has 23 heavy (non-hydrogen) atoms. The molecule has 0 bridgehead atoms. The van der Waals surface area contributed by atoms with Crippen molar-refractivity contribution in [2.75, 3.05) is 21.3 Å². The third kappa shape index (κ3) is 4.77. The molecule has 0 radical (unpaired) electrons. The highest BCUT2D eigenvalue weighted by Gasteiger charge is 2.25. The van der Waals surface area contributed by atoms with Gasteiger partial charge in [-0.15, -0.1) is 0 Å². The van der Waals surface area contributed by atoms with Crippen LogP contribution in [0.2, 0.25) is 0 Å². The first-order valence-electron chi connectivity index (χ1n) is 7.08. The molecule has 0 spiro atoms. The van der Waals surface area contributed by atoms with E-state index in [9.17, 15) is 14.7 Å². The van der Waals surface area contributed by atoms with Crippen molar-refractivity contribution in [3.63, 3.8) is 0 Å². The van der Waals surface area contributed by atoms with Crippen LogP contribution in [-0.4, -0.2) is 43.5 Å². The van der Waals surface area contributed by atoms with Crippen LogP contribution in [0.4, 0.5) is 0 Å². The largest absolute Gasteiger partial charge is 0.493 e. The number of carbonyl (C=O) groups is 2. The minimum atomic E-state index is -1.04. The number of methoxy groups -OCH3 is 3. The summed E-state index contributed by atoms with van der Waals surface area (Å²) in [6.07, 6.45) is 0.213. The highest BCUT2D eigenvalue weighted by Crippen LogP contribution is 2.39. The number of hydrogen-bond acceptors (Lipinski definition) is 5. The van der Waals surface area contributed by atoms with Crippen LogP contribution in [0.15, 0.2) is 12.1 Å². The average molecular weight is 326 g/mol. The molecule has 0 amide bonds. The Bertz CT molecular complexity index is 543. The Kier molecular flexibility index (Phi) is 6.68. The van der Waals surface area contributed by atoms with Crippen LogP contribution in [0, 0.1) is 11.8 Å². The van der Waals surface area contributed by atoms with Crippen LogP contribution < -0.4 is 14.2 Å². The van der Waals surface area contributed by atoms with Crippen molar-refractivity contribution < 1.29 is 34.0 Å². The maximum Gasteiger partial charge on any atom is 0.306 e. The van der Waals surface area contributed by atoms with Crippen molar-refractivity contribution in [3.8, 4) is 17.2 Å². The zero-order chi connectivity index (χ0) is 17.6. The van der Waals surface area contributed by atoms with E-state index in [4.69, 9.17) is 19.3 Å². The van der Waals surface area contributed by atoms with Crippen LogP contribution >= 0.6 is 0 Å². The van der Waals surface area contributed by atoms with Gasteiger partial charge >= 0.3 is 11.9 Å². The number of aliphatic carboxylic acids is 2. The van der Waals surface area contributed by atoms with Crippen molar-refractivity contribution in [2.24, 2.45) is 11.8 Å². The van der Waals surface area contributed by atoms with Crippen LogP contribution in [0.5, 0.6) is 17.2 Å². The molecule has 7 nitrogen and oxygen atoms in total. The van der Waals surface area contributed by atoms with E-state index in [-0.39, 0.29) is 12.8 Å². The minimum absolute atomic E-state index is 0.0430. The standard InChI is InChI=1S/C16H22O7/c1-9(15(17)18)5-11(16(19)20)6-10-7-12(21-2)14(23-4)13(8-10)22-3/h7-9,11H,5-6H2,1-4H3,(H,17,18)(H,19,20). The quantitative estimate of drug-likeness (QED) is 0.716. The van der Waals surface area contributed by atoms with Crippen molar-refractivity contribution in [2.45, 2.75) is 19.8 Å². The third-order valence-corrected chi connectivity index (χ3v) is 3.62. The van der Waals surface area contributed by atoms with Crippen molar-refractivity contribution >= 4 is 11.9 Å². The zero-order valence-corrected chi connectivity index (χ0v) is 13.7. The molecule has 0 aromatic heterocycles. The molecule has 0 heterocycles. The van der Waals surface area contributed by atoms with Crippen LogP contribution in [0.3, 0.4) is 0 Å². The lowest BCUT2D eigenvalue weighted by Crippen LogP contribution is -2.23. The number of carboxylic acid groups (broad SMARTS) is 2. The lowest BCUT2D eigenvalue weighted by molar-refractivity contribution is -0.145. The number of benzene rings is 1. The minimum Gasteiger partial charge on any atom is -0.493 e. The van der Waals surface area contributed by atoms with E-state index in [0.717, 1.165) is 0 Å². The van der Waals surface area contributed by atoms with Crippen molar-refractivity contribution in [3.05, 3.63) is 17.7 Å². The fourth-order valence-corrected chi connectivity index (χ4v) is 2.34. The predicted octanol–water partition coefficient (Wildman–Crippen LogP) is 2.07. The maximum atomic E-state index is 11.4. The van der Waals surface area contributed by atoms with E-state index in [1.165, 1.54) is 28.3 Å². The van der Waals surface area contributed by atoms with Gasteiger partial charge in [-0.1, -0.05) is 6.92 Å². The summed E-state index contributed by atoms with van der Waals surface area (Å²) in [7, 11) is 4.43. The van der Waals surface area contributed by atoms with Gasteiger partial charge in [-0.3, -0.25) is 9.59 Å². The molecule has 2 atom stereocenters. The number of carboxylic acids is 2. The van der Waals surface area contributed by atoms with E-state index >= 15 is 0 Å². The highest BCUT2D eigenvalue weighted by molar-refractivity contribution is 5.74. The molecule has 128 valence electrons. The van der Waals surface area contributed by atoms with E-state index < -0.39 is 23.8 Å². The predicted molar refractivity (Wildman–Crippen MR) is 82.3 cm³/mol. The molecule has 0 aliphatic rings. The Morgan fingerprint density at radius 1 is 1.00 bits per heavy atom. The molecule has 0 aliphatic carbocycles. The van der Waals surface area contributed by atoms with Gasteiger partial charge in [0.25, 0.3) is 0 Å². The molecule has 0 saturated heterocycles. The zero-order valence-electron chi connectivity index (χ0n) is 13.7. The number of hydrogen-bond donors (Lipinski definition) is 2. The summed E-state index contributed by atoms with van der Waals surface area (Å²) in [5.41, 5.74) is 0.671. The second-order valence-corrected chi connectivity index (χ2v) is 5.25. The summed E-state index contributed by atoms with van der Waals surface area (Å²) in [5, 5.41) is 18.3. The first kappa shape index (κ1) is 18.6. The van der Waals surface area contributed by atoms with Gasteiger partial charge < -0.3 is 24.4 Å². The van der Waals surface area contributed by atoms with Gasteiger partial charge in [-0.2, -0.15) is 0 Å². The van der Waals surface area contributed by atoms with E-state index in [0.29, 0.717) is 22.8 Å². The van der Waals surface area contributed by atoms with Crippen molar-refractivity contribution in [1.82, 2.24) is 0 Å². The van der Waals surface area contributed by atoms with Gasteiger partial charge in [0.05, 0.1) is 33.2 Å². The molecule has 7 heteroatoms. The van der Waals surface area contributed by atoms with Gasteiger partial charge in [0.2, 0.25) is 5.75 Å². The summed E-state index contributed by atoms with van der Waals surface area (Å²) < 4.78 is 15.7. The average Bonchev–Trinajstić information content (AvgIpc) is 2.52. The first-order valence-corrected chi connectivity index (χ1v) is 7.08. The lowest BCUT2D eigenvalue weighted by Gasteiger charge is -2.18. The molecule has 0 aliphatic heterocycles. The third-order valence-electron chi connectivity index (χ3n) is 3.62. The normalized spacial score (nSPS) is 13.0. The molecule has 1 aromatic rings. The second kappa shape index (κ2) is 8.26. The molecule has 0 fully saturated rings. The monoisotopic (exact) mass is 326 g/mol. The molecule has 1 rings (SSSR count).